The van der Waals surface area contributed by atoms with E-state index in [9.17, 15) is 9.05 Å². The Bertz CT molecular complexity index is 403. The lowest BCUT2D eigenvalue weighted by molar-refractivity contribution is 0.218. The Morgan fingerprint density at radius 1 is 1.29 bits per heavy atom. The third-order valence-corrected chi connectivity index (χ3v) is 2.93. The maximum atomic E-state index is 11.2. The van der Waals surface area contributed by atoms with Crippen molar-refractivity contribution in [3.63, 3.8) is 0 Å². The number of nitrogens with one attached hydrogen (secondary N) is 1. The van der Waals surface area contributed by atoms with Gasteiger partial charge in [-0.1, -0.05) is 23.7 Å². The van der Waals surface area contributed by atoms with E-state index in [0.717, 1.165) is 0 Å². The van der Waals surface area contributed by atoms with Crippen LogP contribution in [0.5, 0.6) is 0 Å². The molecule has 0 spiro atoms. The Labute approximate surface area is 105 Å². The third-order valence-electron chi connectivity index (χ3n) is 1.45. The van der Waals surface area contributed by atoms with Gasteiger partial charge in [-0.25, -0.2) is 0 Å². The standard InChI is InChI=1S/C6H6ClO3P.C4H10FN/c7-5-3-1-2-4-6(5)11(8,9)10;1-4(2,3)6-5/h1-4H,(H2,8,9,10);6H,1-3H3. The molecule has 1 aromatic rings. The van der Waals surface area contributed by atoms with E-state index in [-0.39, 0.29) is 15.9 Å². The van der Waals surface area contributed by atoms with E-state index in [1.54, 1.807) is 32.4 Å². The van der Waals surface area contributed by atoms with Gasteiger partial charge in [0, 0.05) is 5.54 Å². The van der Waals surface area contributed by atoms with Crippen LogP contribution in [0.4, 0.5) is 4.48 Å². The minimum absolute atomic E-state index is 0.0980. The van der Waals surface area contributed by atoms with Gasteiger partial charge in [-0.05, 0) is 32.9 Å². The van der Waals surface area contributed by atoms with Crippen LogP contribution < -0.4 is 10.8 Å². The predicted molar refractivity (Wildman–Crippen MR) is 67.1 cm³/mol. The van der Waals surface area contributed by atoms with Crippen molar-refractivity contribution in [3.8, 4) is 0 Å². The highest BCUT2D eigenvalue weighted by Gasteiger charge is 2.19. The first-order chi connectivity index (χ1) is 7.58. The molecule has 1 rings (SSSR count). The molecule has 0 aliphatic rings. The van der Waals surface area contributed by atoms with E-state index >= 15 is 0 Å². The summed E-state index contributed by atoms with van der Waals surface area (Å²) in [5.41, 5.74) is 1.23. The maximum Gasteiger partial charge on any atom is 0.357 e. The summed E-state index contributed by atoms with van der Waals surface area (Å²) in [7, 11) is -4.19. The van der Waals surface area contributed by atoms with Crippen LogP contribution in [0.1, 0.15) is 20.8 Å². The minimum Gasteiger partial charge on any atom is -0.321 e. The van der Waals surface area contributed by atoms with Gasteiger partial charge in [-0.2, -0.15) is 5.54 Å². The number of benzene rings is 1. The van der Waals surface area contributed by atoms with E-state index in [4.69, 9.17) is 21.4 Å². The van der Waals surface area contributed by atoms with Crippen LogP contribution in [0.3, 0.4) is 0 Å². The number of rotatable bonds is 1. The molecule has 0 fully saturated rings. The molecule has 0 aliphatic heterocycles. The fraction of sp³-hybridized carbons (Fsp3) is 0.400. The molecule has 98 valence electrons. The molecule has 0 aromatic heterocycles. The van der Waals surface area contributed by atoms with Crippen molar-refractivity contribution in [2.45, 2.75) is 26.3 Å². The molecule has 17 heavy (non-hydrogen) atoms. The predicted octanol–water partition coefficient (Wildman–Crippen LogP) is 2.40. The zero-order chi connectivity index (χ0) is 13.7. The molecular weight excluding hydrogens is 268 g/mol. The van der Waals surface area contributed by atoms with Crippen LogP contribution in [-0.2, 0) is 4.57 Å². The molecule has 3 N–H and O–H groups in total. The normalized spacial score (nSPS) is 11.7. The highest BCUT2D eigenvalue weighted by atomic mass is 35.5. The van der Waals surface area contributed by atoms with Gasteiger partial charge in [0.1, 0.15) is 0 Å². The second kappa shape index (κ2) is 6.47. The van der Waals surface area contributed by atoms with E-state index in [0.29, 0.717) is 0 Å². The van der Waals surface area contributed by atoms with Crippen molar-refractivity contribution in [3.05, 3.63) is 29.3 Å². The number of hydrogen-bond donors (Lipinski definition) is 3. The molecule has 0 unspecified atom stereocenters. The fourth-order valence-electron chi connectivity index (χ4n) is 0.688. The molecule has 0 saturated carbocycles. The van der Waals surface area contributed by atoms with Crippen molar-refractivity contribution in [1.82, 2.24) is 5.54 Å². The van der Waals surface area contributed by atoms with E-state index < -0.39 is 7.60 Å². The first kappa shape index (κ1) is 16.6. The van der Waals surface area contributed by atoms with E-state index in [1.807, 2.05) is 0 Å². The van der Waals surface area contributed by atoms with Gasteiger partial charge in [0.05, 0.1) is 10.3 Å². The molecule has 0 amide bonds. The summed E-state index contributed by atoms with van der Waals surface area (Å²) < 4.78 is 21.9. The summed E-state index contributed by atoms with van der Waals surface area (Å²) in [6.45, 7) is 5.27. The lowest BCUT2D eigenvalue weighted by Gasteiger charge is -2.11. The smallest absolute Gasteiger partial charge is 0.321 e. The Kier molecular flexibility index (Phi) is 6.30. The zero-order valence-corrected chi connectivity index (χ0v) is 11.5. The largest absolute Gasteiger partial charge is 0.357 e. The monoisotopic (exact) mass is 283 g/mol. The Balaban J connectivity index is 0.000000366. The van der Waals surface area contributed by atoms with Gasteiger partial charge in [0.2, 0.25) is 0 Å². The summed E-state index contributed by atoms with van der Waals surface area (Å²) in [4.78, 5) is 17.4. The first-order valence-electron chi connectivity index (χ1n) is 4.76. The van der Waals surface area contributed by atoms with Crippen LogP contribution in [0.25, 0.3) is 0 Å². The fourth-order valence-corrected chi connectivity index (χ4v) is 1.79. The summed E-state index contributed by atoms with van der Waals surface area (Å²) >= 11 is 5.52. The van der Waals surface area contributed by atoms with Crippen molar-refractivity contribution in [1.29, 1.82) is 0 Å². The van der Waals surface area contributed by atoms with Crippen molar-refractivity contribution >= 4 is 24.5 Å². The van der Waals surface area contributed by atoms with Gasteiger partial charge >= 0.3 is 7.60 Å². The Hall–Kier alpha value is -0.450. The Morgan fingerprint density at radius 2 is 1.71 bits per heavy atom. The van der Waals surface area contributed by atoms with Gasteiger partial charge in [-0.15, -0.1) is 4.48 Å². The van der Waals surface area contributed by atoms with Gasteiger partial charge in [-0.3, -0.25) is 4.57 Å². The van der Waals surface area contributed by atoms with Gasteiger partial charge in [0.15, 0.2) is 0 Å². The molecule has 0 aliphatic carbocycles. The summed E-state index contributed by atoms with van der Waals surface area (Å²) in [6.07, 6.45) is 0. The van der Waals surface area contributed by atoms with Crippen LogP contribution >= 0.6 is 19.2 Å². The lowest BCUT2D eigenvalue weighted by Crippen LogP contribution is -2.28. The second-order valence-electron chi connectivity index (χ2n) is 4.34. The molecular formula is C10H16ClFNO3P. The molecule has 4 nitrogen and oxygen atoms in total. The molecule has 0 atom stereocenters. The topological polar surface area (TPSA) is 69.6 Å². The highest BCUT2D eigenvalue weighted by Crippen LogP contribution is 2.35. The first-order valence-corrected chi connectivity index (χ1v) is 6.75. The molecule has 0 bridgehead atoms. The molecule has 1 aromatic carbocycles. The Morgan fingerprint density at radius 3 is 1.94 bits per heavy atom. The lowest BCUT2D eigenvalue weighted by atomic mass is 10.1. The minimum atomic E-state index is -4.19. The van der Waals surface area contributed by atoms with E-state index in [2.05, 4.69) is 0 Å². The molecule has 0 heterocycles. The van der Waals surface area contributed by atoms with Crippen LogP contribution in [0.15, 0.2) is 24.3 Å². The van der Waals surface area contributed by atoms with Crippen molar-refractivity contribution in [2.24, 2.45) is 0 Å². The molecule has 7 heteroatoms. The van der Waals surface area contributed by atoms with Crippen LogP contribution in [-0.4, -0.2) is 15.3 Å². The summed E-state index contributed by atoms with van der Waals surface area (Å²) in [6, 6.07) is 5.89. The quantitative estimate of drug-likeness (QED) is 0.547. The van der Waals surface area contributed by atoms with Crippen LogP contribution in [0.2, 0.25) is 5.02 Å². The summed E-state index contributed by atoms with van der Waals surface area (Å²) in [5, 5.41) is -0.0255. The average molecular weight is 284 g/mol. The van der Waals surface area contributed by atoms with Crippen molar-refractivity contribution in [2.75, 3.05) is 0 Å². The van der Waals surface area contributed by atoms with Gasteiger partial charge in [0.25, 0.3) is 0 Å². The van der Waals surface area contributed by atoms with E-state index in [1.165, 1.54) is 18.2 Å². The van der Waals surface area contributed by atoms with Crippen molar-refractivity contribution < 1.29 is 18.8 Å². The molecule has 0 radical (unpaired) electrons. The maximum absolute atomic E-state index is 11.2. The number of halogens is 2. The molecule has 0 saturated heterocycles. The summed E-state index contributed by atoms with van der Waals surface area (Å²) in [5.74, 6) is 0. The SMILES string of the molecule is CC(C)(C)NF.O=P(O)(O)c1ccccc1Cl. The average Bonchev–Trinajstić information content (AvgIpc) is 2.16. The third kappa shape index (κ3) is 7.47. The highest BCUT2D eigenvalue weighted by molar-refractivity contribution is 7.60. The van der Waals surface area contributed by atoms with Gasteiger partial charge < -0.3 is 9.79 Å². The zero-order valence-electron chi connectivity index (χ0n) is 9.82. The second-order valence-corrected chi connectivity index (χ2v) is 6.32. The van der Waals surface area contributed by atoms with Crippen LogP contribution in [0, 0.1) is 0 Å². The number of hydrogen-bond acceptors (Lipinski definition) is 2.